The molecule has 1 amide bonds. The SMILES string of the molecule is Cc1ncc(CC(=O)N[C@H]2CC[C@H](CCN3CCc4nc(OCC(F)F)sc4CC3)CC2)cn1. The Labute approximate surface area is 203 Å². The average Bonchev–Trinajstić information content (AvgIpc) is 3.12. The van der Waals surface area contributed by atoms with E-state index in [9.17, 15) is 13.6 Å². The highest BCUT2D eigenvalue weighted by molar-refractivity contribution is 7.13. The Morgan fingerprint density at radius 2 is 1.94 bits per heavy atom. The summed E-state index contributed by atoms with van der Waals surface area (Å²) in [6.45, 7) is 4.22. The zero-order chi connectivity index (χ0) is 23.9. The first-order valence-electron chi connectivity index (χ1n) is 12.1. The Kier molecular flexibility index (Phi) is 8.77. The van der Waals surface area contributed by atoms with Crippen LogP contribution >= 0.6 is 11.3 Å². The fraction of sp³-hybridized carbons (Fsp3) is 0.667. The number of hydrogen-bond donors (Lipinski definition) is 1. The van der Waals surface area contributed by atoms with Crippen LogP contribution in [0, 0.1) is 12.8 Å². The molecule has 0 spiro atoms. The fourth-order valence-corrected chi connectivity index (χ4v) is 5.69. The van der Waals surface area contributed by atoms with Crippen molar-refractivity contribution in [1.82, 2.24) is 25.2 Å². The molecule has 186 valence electrons. The van der Waals surface area contributed by atoms with Gasteiger partial charge in [0.25, 0.3) is 11.6 Å². The lowest BCUT2D eigenvalue weighted by Crippen LogP contribution is -2.39. The number of hydrogen-bond acceptors (Lipinski definition) is 7. The number of fused-ring (bicyclic) bond motifs is 1. The minimum atomic E-state index is -2.47. The summed E-state index contributed by atoms with van der Waals surface area (Å²) in [5, 5.41) is 3.55. The van der Waals surface area contributed by atoms with Crippen molar-refractivity contribution in [3.63, 3.8) is 0 Å². The van der Waals surface area contributed by atoms with Gasteiger partial charge in [0.2, 0.25) is 5.91 Å². The van der Waals surface area contributed by atoms with Gasteiger partial charge >= 0.3 is 0 Å². The summed E-state index contributed by atoms with van der Waals surface area (Å²) >= 11 is 1.41. The van der Waals surface area contributed by atoms with Crippen molar-refractivity contribution in [3.8, 4) is 5.19 Å². The molecule has 1 saturated carbocycles. The highest BCUT2D eigenvalue weighted by Gasteiger charge is 2.24. The molecule has 1 aliphatic heterocycles. The van der Waals surface area contributed by atoms with Crippen molar-refractivity contribution < 1.29 is 18.3 Å². The van der Waals surface area contributed by atoms with Gasteiger partial charge in [-0.1, -0.05) is 11.3 Å². The van der Waals surface area contributed by atoms with E-state index in [0.717, 1.165) is 69.4 Å². The number of halogens is 2. The Morgan fingerprint density at radius 1 is 1.21 bits per heavy atom. The predicted molar refractivity (Wildman–Crippen MR) is 126 cm³/mol. The number of nitrogens with zero attached hydrogens (tertiary/aromatic N) is 4. The van der Waals surface area contributed by atoms with E-state index in [-0.39, 0.29) is 11.9 Å². The molecule has 1 aliphatic carbocycles. The number of carbonyl (C=O) groups is 1. The van der Waals surface area contributed by atoms with Gasteiger partial charge in [0.05, 0.1) is 12.1 Å². The lowest BCUT2D eigenvalue weighted by Gasteiger charge is -2.30. The van der Waals surface area contributed by atoms with Crippen LogP contribution in [0.3, 0.4) is 0 Å². The lowest BCUT2D eigenvalue weighted by atomic mass is 9.84. The summed E-state index contributed by atoms with van der Waals surface area (Å²) in [5.74, 6) is 1.45. The summed E-state index contributed by atoms with van der Waals surface area (Å²) in [6.07, 6.45) is 8.56. The molecule has 1 fully saturated rings. The molecule has 0 radical (unpaired) electrons. The molecular weight excluding hydrogens is 460 g/mol. The Balaban J connectivity index is 1.13. The highest BCUT2D eigenvalue weighted by atomic mass is 32.1. The standard InChI is InChI=1S/C24H33F2N5O2S/c1-16-27-13-18(14-28-16)12-23(32)29-19-4-2-17(3-5-19)6-9-31-10-7-20-21(8-11-31)34-24(30-20)33-15-22(25)26/h13-14,17,19,22H,2-12,15H2,1H3,(H,29,32)/t17-,19-. The van der Waals surface area contributed by atoms with Crippen molar-refractivity contribution in [2.24, 2.45) is 5.92 Å². The van der Waals surface area contributed by atoms with Gasteiger partial charge in [-0.25, -0.2) is 23.7 Å². The van der Waals surface area contributed by atoms with E-state index in [1.165, 1.54) is 22.6 Å². The van der Waals surface area contributed by atoms with E-state index in [1.54, 1.807) is 12.4 Å². The Hall–Kier alpha value is -2.20. The molecule has 0 unspecified atom stereocenters. The number of nitrogens with one attached hydrogen (secondary N) is 1. The van der Waals surface area contributed by atoms with Gasteiger partial charge in [0, 0.05) is 42.8 Å². The number of aryl methyl sites for hydroxylation is 1. The van der Waals surface area contributed by atoms with E-state index >= 15 is 0 Å². The number of thiazole rings is 1. The Morgan fingerprint density at radius 3 is 2.68 bits per heavy atom. The molecule has 7 nitrogen and oxygen atoms in total. The van der Waals surface area contributed by atoms with Crippen LogP contribution in [0.5, 0.6) is 5.19 Å². The van der Waals surface area contributed by atoms with E-state index in [2.05, 4.69) is 25.2 Å². The minimum Gasteiger partial charge on any atom is -0.464 e. The second kappa shape index (κ2) is 12.0. The summed E-state index contributed by atoms with van der Waals surface area (Å²) in [5.41, 5.74) is 1.85. The van der Waals surface area contributed by atoms with Crippen LogP contribution in [0.2, 0.25) is 0 Å². The molecule has 34 heavy (non-hydrogen) atoms. The first-order chi connectivity index (χ1) is 16.4. The van der Waals surface area contributed by atoms with Crippen LogP contribution in [-0.4, -0.2) is 64.5 Å². The van der Waals surface area contributed by atoms with Crippen molar-refractivity contribution in [2.75, 3.05) is 26.2 Å². The van der Waals surface area contributed by atoms with Gasteiger partial charge in [-0.3, -0.25) is 4.79 Å². The summed E-state index contributed by atoms with van der Waals surface area (Å²) in [4.78, 5) is 28.7. The summed E-state index contributed by atoms with van der Waals surface area (Å²) in [7, 11) is 0. The average molecular weight is 494 g/mol. The van der Waals surface area contributed by atoms with Crippen molar-refractivity contribution in [3.05, 3.63) is 34.4 Å². The van der Waals surface area contributed by atoms with Crippen molar-refractivity contribution >= 4 is 17.2 Å². The smallest absolute Gasteiger partial charge is 0.273 e. The van der Waals surface area contributed by atoms with Gasteiger partial charge in [-0.15, -0.1) is 0 Å². The molecule has 0 aromatic carbocycles. The largest absolute Gasteiger partial charge is 0.464 e. The maximum absolute atomic E-state index is 12.4. The summed E-state index contributed by atoms with van der Waals surface area (Å²) in [6, 6.07) is 0.261. The third-order valence-corrected chi connectivity index (χ3v) is 7.75. The van der Waals surface area contributed by atoms with Crippen LogP contribution < -0.4 is 10.1 Å². The molecule has 0 bridgehead atoms. The number of aromatic nitrogens is 3. The summed E-state index contributed by atoms with van der Waals surface area (Å²) < 4.78 is 29.8. The predicted octanol–water partition coefficient (Wildman–Crippen LogP) is 3.59. The second-order valence-corrected chi connectivity index (χ2v) is 10.3. The molecular formula is C24H33F2N5O2S. The maximum atomic E-state index is 12.4. The molecule has 2 aromatic rings. The highest BCUT2D eigenvalue weighted by Crippen LogP contribution is 2.30. The molecule has 0 saturated heterocycles. The number of ether oxygens (including phenoxy) is 1. The van der Waals surface area contributed by atoms with Gasteiger partial charge in [-0.2, -0.15) is 0 Å². The maximum Gasteiger partial charge on any atom is 0.273 e. The van der Waals surface area contributed by atoms with E-state index < -0.39 is 13.0 Å². The number of carbonyl (C=O) groups excluding carboxylic acids is 1. The Bertz CT molecular complexity index is 906. The monoisotopic (exact) mass is 493 g/mol. The number of amides is 1. The van der Waals surface area contributed by atoms with Crippen molar-refractivity contribution in [1.29, 1.82) is 0 Å². The lowest BCUT2D eigenvalue weighted by molar-refractivity contribution is -0.121. The van der Waals surface area contributed by atoms with Crippen LogP contribution in [0.4, 0.5) is 8.78 Å². The third kappa shape index (κ3) is 7.40. The minimum absolute atomic E-state index is 0.0457. The normalized spacial score (nSPS) is 21.2. The first-order valence-corrected chi connectivity index (χ1v) is 12.9. The van der Waals surface area contributed by atoms with Crippen LogP contribution in [0.25, 0.3) is 0 Å². The van der Waals surface area contributed by atoms with E-state index in [4.69, 9.17) is 4.74 Å². The zero-order valence-electron chi connectivity index (χ0n) is 19.6. The molecule has 10 heteroatoms. The molecule has 2 aromatic heterocycles. The van der Waals surface area contributed by atoms with Gasteiger partial charge in [0.15, 0.2) is 6.61 Å². The molecule has 1 N–H and O–H groups in total. The van der Waals surface area contributed by atoms with Gasteiger partial charge in [-0.05, 0) is 63.5 Å². The molecule has 4 rings (SSSR count). The van der Waals surface area contributed by atoms with Crippen LogP contribution in [-0.2, 0) is 24.1 Å². The van der Waals surface area contributed by atoms with Crippen LogP contribution in [0.15, 0.2) is 12.4 Å². The molecule has 3 heterocycles. The number of alkyl halides is 2. The van der Waals surface area contributed by atoms with E-state index in [1.807, 2.05) is 6.92 Å². The first kappa shape index (κ1) is 24.9. The van der Waals surface area contributed by atoms with E-state index in [0.29, 0.717) is 23.4 Å². The molecule has 2 aliphatic rings. The van der Waals surface area contributed by atoms with Crippen LogP contribution in [0.1, 0.15) is 54.1 Å². The van der Waals surface area contributed by atoms with Gasteiger partial charge < -0.3 is 15.0 Å². The topological polar surface area (TPSA) is 80.2 Å². The van der Waals surface area contributed by atoms with Crippen molar-refractivity contribution in [2.45, 2.75) is 70.8 Å². The zero-order valence-corrected chi connectivity index (χ0v) is 20.5. The third-order valence-electron chi connectivity index (χ3n) is 6.68. The quantitative estimate of drug-likeness (QED) is 0.575. The fourth-order valence-electron chi connectivity index (χ4n) is 4.74. The second-order valence-electron chi connectivity index (χ2n) is 9.28. The van der Waals surface area contributed by atoms with Gasteiger partial charge in [0.1, 0.15) is 5.82 Å². The molecule has 0 atom stereocenters. The number of rotatable bonds is 9.